The normalized spacial score (nSPS) is 23.2. The molecule has 1 nitrogen and oxygen atoms in total. The van der Waals surface area contributed by atoms with E-state index in [0.717, 1.165) is 6.42 Å². The van der Waals surface area contributed by atoms with Gasteiger partial charge in [-0.15, -0.1) is 0 Å². The molecule has 0 saturated carbocycles. The third-order valence-electron chi connectivity index (χ3n) is 3.59. The smallest absolute Gasteiger partial charge is 0.0863 e. The molecule has 0 radical (unpaired) electrons. The molecule has 2 rings (SSSR count). The van der Waals surface area contributed by atoms with E-state index in [4.69, 9.17) is 4.74 Å². The molecule has 0 aliphatic heterocycles. The lowest BCUT2D eigenvalue weighted by Gasteiger charge is -2.19. The molecule has 1 aliphatic rings. The molecular weight excluding hydrogens is 344 g/mol. The van der Waals surface area contributed by atoms with Crippen molar-refractivity contribution in [3.05, 3.63) is 31.7 Å². The van der Waals surface area contributed by atoms with Crippen molar-refractivity contribution in [2.75, 3.05) is 7.11 Å². The van der Waals surface area contributed by atoms with Gasteiger partial charge in [-0.1, -0.05) is 52.6 Å². The van der Waals surface area contributed by atoms with Crippen LogP contribution in [0.3, 0.4) is 0 Å². The van der Waals surface area contributed by atoms with Gasteiger partial charge < -0.3 is 4.74 Å². The van der Waals surface area contributed by atoms with Crippen LogP contribution in [0.25, 0.3) is 0 Å². The van der Waals surface area contributed by atoms with Gasteiger partial charge >= 0.3 is 0 Å². The van der Waals surface area contributed by atoms with Gasteiger partial charge in [0.2, 0.25) is 0 Å². The van der Waals surface area contributed by atoms with Crippen LogP contribution in [0, 0.1) is 5.92 Å². The Morgan fingerprint density at radius 3 is 2.53 bits per heavy atom. The molecule has 1 aromatic rings. The van der Waals surface area contributed by atoms with Crippen molar-refractivity contribution in [2.45, 2.75) is 39.2 Å². The highest BCUT2D eigenvalue weighted by molar-refractivity contribution is 9.11. The van der Waals surface area contributed by atoms with Crippen LogP contribution in [0.5, 0.6) is 0 Å². The minimum atomic E-state index is 0.217. The van der Waals surface area contributed by atoms with Crippen LogP contribution in [-0.4, -0.2) is 7.11 Å². The summed E-state index contributed by atoms with van der Waals surface area (Å²) in [5.74, 6) is 1.06. The summed E-state index contributed by atoms with van der Waals surface area (Å²) in [4.78, 5) is 0. The van der Waals surface area contributed by atoms with Crippen molar-refractivity contribution in [3.8, 4) is 0 Å². The van der Waals surface area contributed by atoms with Crippen molar-refractivity contribution in [2.24, 2.45) is 5.92 Å². The number of fused-ring (bicyclic) bond motifs is 1. The first-order chi connectivity index (χ1) is 7.97. The summed E-state index contributed by atoms with van der Waals surface area (Å²) in [6.45, 7) is 6.69. The van der Waals surface area contributed by atoms with Gasteiger partial charge in [-0.25, -0.2) is 0 Å². The Labute approximate surface area is 120 Å². The summed E-state index contributed by atoms with van der Waals surface area (Å²) < 4.78 is 8.14. The maximum Gasteiger partial charge on any atom is 0.0863 e. The number of benzene rings is 1. The quantitative estimate of drug-likeness (QED) is 0.702. The van der Waals surface area contributed by atoms with Gasteiger partial charge in [0.25, 0.3) is 0 Å². The average Bonchev–Trinajstić information content (AvgIpc) is 2.60. The summed E-state index contributed by atoms with van der Waals surface area (Å²) in [6, 6.07) is 2.25. The summed E-state index contributed by atoms with van der Waals surface area (Å²) in [5.41, 5.74) is 4.10. The molecule has 2 atom stereocenters. The molecule has 94 valence electrons. The van der Waals surface area contributed by atoms with E-state index in [1.165, 1.54) is 25.6 Å². The number of rotatable bonds is 2. The predicted molar refractivity (Wildman–Crippen MR) is 78.5 cm³/mol. The Morgan fingerprint density at radius 1 is 1.35 bits per heavy atom. The van der Waals surface area contributed by atoms with Crippen LogP contribution in [-0.2, 0) is 11.2 Å². The molecule has 0 fully saturated rings. The molecule has 0 spiro atoms. The zero-order chi connectivity index (χ0) is 12.7. The number of methoxy groups -OCH3 is 1. The number of hydrogen-bond donors (Lipinski definition) is 0. The molecule has 0 saturated heterocycles. The maximum atomic E-state index is 5.67. The van der Waals surface area contributed by atoms with Crippen LogP contribution in [0.4, 0.5) is 0 Å². The van der Waals surface area contributed by atoms with Crippen LogP contribution >= 0.6 is 31.9 Å². The highest BCUT2D eigenvalue weighted by Crippen LogP contribution is 2.47. The highest BCUT2D eigenvalue weighted by atomic mass is 79.9. The fourth-order valence-corrected chi connectivity index (χ4v) is 4.35. The largest absolute Gasteiger partial charge is 0.376 e. The first kappa shape index (κ1) is 13.6. The first-order valence-electron chi connectivity index (χ1n) is 6.00. The van der Waals surface area contributed by atoms with E-state index in [2.05, 4.69) is 58.7 Å². The van der Waals surface area contributed by atoms with E-state index >= 15 is 0 Å². The summed E-state index contributed by atoms with van der Waals surface area (Å²) in [6.07, 6.45) is 1.31. The molecule has 3 heteroatoms. The van der Waals surface area contributed by atoms with E-state index in [-0.39, 0.29) is 6.10 Å². The fraction of sp³-hybridized carbons (Fsp3) is 0.571. The number of hydrogen-bond acceptors (Lipinski definition) is 1. The minimum absolute atomic E-state index is 0.217. The van der Waals surface area contributed by atoms with Crippen molar-refractivity contribution >= 4 is 31.9 Å². The summed E-state index contributed by atoms with van der Waals surface area (Å²) in [7, 11) is 1.80. The minimum Gasteiger partial charge on any atom is -0.376 e. The third kappa shape index (κ3) is 2.22. The van der Waals surface area contributed by atoms with Crippen LogP contribution < -0.4 is 0 Å². The Bertz CT molecular complexity index is 440. The van der Waals surface area contributed by atoms with Crippen LogP contribution in [0.1, 0.15) is 49.5 Å². The van der Waals surface area contributed by atoms with Crippen molar-refractivity contribution in [1.82, 2.24) is 0 Å². The van der Waals surface area contributed by atoms with Crippen LogP contribution in [0.2, 0.25) is 0 Å². The zero-order valence-corrected chi connectivity index (χ0v) is 13.9. The molecule has 1 aliphatic carbocycles. The van der Waals surface area contributed by atoms with Gasteiger partial charge in [0.15, 0.2) is 0 Å². The fourth-order valence-electron chi connectivity index (χ4n) is 2.69. The van der Waals surface area contributed by atoms with Gasteiger partial charge in [-0.2, -0.15) is 0 Å². The molecule has 0 aromatic heterocycles. The average molecular weight is 362 g/mol. The zero-order valence-electron chi connectivity index (χ0n) is 10.7. The molecule has 0 amide bonds. The van der Waals surface area contributed by atoms with Gasteiger partial charge in [0.1, 0.15) is 0 Å². The second-order valence-corrected chi connectivity index (χ2v) is 6.79. The van der Waals surface area contributed by atoms with Gasteiger partial charge in [-0.05, 0) is 41.0 Å². The van der Waals surface area contributed by atoms with E-state index in [0.29, 0.717) is 11.8 Å². The second kappa shape index (κ2) is 5.02. The Morgan fingerprint density at radius 2 is 2.00 bits per heavy atom. The number of halogens is 2. The molecule has 0 N–H and O–H groups in total. The third-order valence-corrected chi connectivity index (χ3v) is 5.18. The SMILES string of the molecule is COC1c2c(Br)c(C(C)C)cc(Br)c2C[C@H]1C. The van der Waals surface area contributed by atoms with Gasteiger partial charge in [-0.3, -0.25) is 0 Å². The van der Waals surface area contributed by atoms with Gasteiger partial charge in [0, 0.05) is 16.1 Å². The lowest BCUT2D eigenvalue weighted by molar-refractivity contribution is 0.0690. The molecule has 0 bridgehead atoms. The van der Waals surface area contributed by atoms with Crippen molar-refractivity contribution < 1.29 is 4.74 Å². The Hall–Kier alpha value is 0.140. The predicted octanol–water partition coefficient (Wildman–Crippen LogP) is 5.21. The molecule has 0 heterocycles. The van der Waals surface area contributed by atoms with E-state index in [1.807, 2.05) is 0 Å². The standard InChI is InChI=1S/C14H18Br2O/c1-7(2)9-6-11(15)10-5-8(3)14(17-4)12(10)13(9)16/h6-8,14H,5H2,1-4H3/t8-,14?/m1/s1. The van der Waals surface area contributed by atoms with Crippen molar-refractivity contribution in [3.63, 3.8) is 0 Å². The van der Waals surface area contributed by atoms with Crippen molar-refractivity contribution in [1.29, 1.82) is 0 Å². The molecule has 17 heavy (non-hydrogen) atoms. The first-order valence-corrected chi connectivity index (χ1v) is 7.59. The van der Waals surface area contributed by atoms with E-state index < -0.39 is 0 Å². The molecule has 1 aromatic carbocycles. The summed E-state index contributed by atoms with van der Waals surface area (Å²) >= 11 is 7.48. The second-order valence-electron chi connectivity index (χ2n) is 5.15. The lowest BCUT2D eigenvalue weighted by atomic mass is 9.97. The topological polar surface area (TPSA) is 9.23 Å². The highest BCUT2D eigenvalue weighted by Gasteiger charge is 2.34. The maximum absolute atomic E-state index is 5.67. The lowest BCUT2D eigenvalue weighted by Crippen LogP contribution is -2.06. The Balaban J connectivity index is 2.63. The van der Waals surface area contributed by atoms with Gasteiger partial charge in [0.05, 0.1) is 6.10 Å². The Kier molecular flexibility index (Phi) is 4.01. The van der Waals surface area contributed by atoms with E-state index in [9.17, 15) is 0 Å². The molecular formula is C14H18Br2O. The van der Waals surface area contributed by atoms with E-state index in [1.54, 1.807) is 7.11 Å². The monoisotopic (exact) mass is 360 g/mol. The van der Waals surface area contributed by atoms with Crippen LogP contribution in [0.15, 0.2) is 15.0 Å². The summed E-state index contributed by atoms with van der Waals surface area (Å²) in [5, 5.41) is 0. The molecule has 1 unspecified atom stereocenters. The number of ether oxygens (including phenoxy) is 1.